The summed E-state index contributed by atoms with van der Waals surface area (Å²) in [6.45, 7) is 12.0. The first kappa shape index (κ1) is 28.6. The van der Waals surface area contributed by atoms with Crippen LogP contribution >= 0.6 is 0 Å². The van der Waals surface area contributed by atoms with Gasteiger partial charge in [-0.05, 0) is 56.2 Å². The number of likely N-dealkylation sites (tertiary alicyclic amines) is 1. The van der Waals surface area contributed by atoms with Gasteiger partial charge >= 0.3 is 5.97 Å². The molecule has 1 aliphatic rings. The Morgan fingerprint density at radius 3 is 2.29 bits per heavy atom. The van der Waals surface area contributed by atoms with Crippen LogP contribution in [-0.2, 0) is 14.4 Å². The molecule has 0 aliphatic carbocycles. The number of aliphatic carboxylic acids is 1. The highest BCUT2D eigenvalue weighted by Crippen LogP contribution is 2.31. The summed E-state index contributed by atoms with van der Waals surface area (Å²) in [4.78, 5) is 42.3. The van der Waals surface area contributed by atoms with E-state index in [0.29, 0.717) is 12.3 Å². The number of hydrogen-bond acceptors (Lipinski definition) is 4. The molecule has 2 rings (SSSR count). The first-order valence-corrected chi connectivity index (χ1v) is 12.5. The first-order valence-electron chi connectivity index (χ1n) is 12.5. The van der Waals surface area contributed by atoms with Crippen molar-refractivity contribution >= 4 is 17.8 Å². The molecule has 0 aromatic heterocycles. The summed E-state index contributed by atoms with van der Waals surface area (Å²) in [5, 5.41) is 12.4. The molecule has 1 heterocycles. The number of benzene rings is 1. The number of hydrogen-bond donors (Lipinski definition) is 2. The summed E-state index contributed by atoms with van der Waals surface area (Å²) in [6, 6.07) is 8.80. The molecule has 1 aromatic carbocycles. The van der Waals surface area contributed by atoms with Crippen LogP contribution < -0.4 is 5.32 Å². The molecule has 35 heavy (non-hydrogen) atoms. The Morgan fingerprint density at radius 1 is 1.17 bits per heavy atom. The number of carbonyl (C=O) groups excluding carboxylic acids is 2. The predicted octanol–water partition coefficient (Wildman–Crippen LogP) is 3.91. The van der Waals surface area contributed by atoms with E-state index < -0.39 is 23.5 Å². The van der Waals surface area contributed by atoms with Gasteiger partial charge in [-0.3, -0.25) is 14.5 Å². The SMILES string of the molecule is C/C(=C\[C@H](C(C)C)N(C)C(=O)[C@@H](NC(=O)[C@@H]1C[C@@H](c2ccccc2)CCN1C)C(C)(C)C)C(=O)O. The molecular weight excluding hydrogens is 442 g/mol. The minimum atomic E-state index is -1.01. The fraction of sp³-hybridized carbons (Fsp3) is 0.607. The third kappa shape index (κ3) is 7.40. The number of carboxylic acid groups (broad SMARTS) is 1. The number of nitrogens with one attached hydrogen (secondary N) is 1. The lowest BCUT2D eigenvalue weighted by atomic mass is 9.83. The third-order valence-electron chi connectivity index (χ3n) is 7.08. The van der Waals surface area contributed by atoms with Gasteiger partial charge in [0.2, 0.25) is 11.8 Å². The van der Waals surface area contributed by atoms with Gasteiger partial charge in [-0.25, -0.2) is 4.79 Å². The zero-order valence-corrected chi connectivity index (χ0v) is 22.5. The zero-order valence-electron chi connectivity index (χ0n) is 22.5. The van der Waals surface area contributed by atoms with Crippen molar-refractivity contribution in [3.63, 3.8) is 0 Å². The van der Waals surface area contributed by atoms with Crippen LogP contribution in [0.15, 0.2) is 42.0 Å². The van der Waals surface area contributed by atoms with Crippen molar-refractivity contribution in [1.29, 1.82) is 0 Å². The van der Waals surface area contributed by atoms with E-state index in [1.54, 1.807) is 18.0 Å². The van der Waals surface area contributed by atoms with Crippen molar-refractivity contribution in [1.82, 2.24) is 15.1 Å². The Morgan fingerprint density at radius 2 is 1.77 bits per heavy atom. The van der Waals surface area contributed by atoms with Crippen LogP contribution in [0.5, 0.6) is 0 Å². The molecule has 2 amide bonds. The van der Waals surface area contributed by atoms with Gasteiger partial charge in [0.05, 0.1) is 12.1 Å². The van der Waals surface area contributed by atoms with Gasteiger partial charge in [-0.1, -0.05) is 71.0 Å². The molecule has 1 aromatic rings. The van der Waals surface area contributed by atoms with E-state index in [9.17, 15) is 19.5 Å². The smallest absolute Gasteiger partial charge is 0.331 e. The van der Waals surface area contributed by atoms with Crippen molar-refractivity contribution in [2.45, 2.75) is 78.4 Å². The van der Waals surface area contributed by atoms with Crippen molar-refractivity contribution in [3.8, 4) is 0 Å². The fourth-order valence-electron chi connectivity index (χ4n) is 4.73. The molecule has 7 heteroatoms. The first-order chi connectivity index (χ1) is 16.2. The van der Waals surface area contributed by atoms with E-state index in [2.05, 4.69) is 22.3 Å². The van der Waals surface area contributed by atoms with Crippen LogP contribution in [0.4, 0.5) is 0 Å². The monoisotopic (exact) mass is 485 g/mol. The number of carboxylic acids is 1. The molecule has 0 spiro atoms. The van der Waals surface area contributed by atoms with Crippen LogP contribution in [0, 0.1) is 11.3 Å². The summed E-state index contributed by atoms with van der Waals surface area (Å²) < 4.78 is 0. The molecule has 1 fully saturated rings. The number of amides is 2. The average molecular weight is 486 g/mol. The summed E-state index contributed by atoms with van der Waals surface area (Å²) in [7, 11) is 3.64. The van der Waals surface area contributed by atoms with Gasteiger partial charge in [-0.15, -0.1) is 0 Å². The Hall–Kier alpha value is -2.67. The number of piperidine rings is 1. The Kier molecular flexibility index (Phi) is 9.67. The fourth-order valence-corrected chi connectivity index (χ4v) is 4.73. The molecule has 7 nitrogen and oxygen atoms in total. The van der Waals surface area contributed by atoms with Crippen LogP contribution in [0.2, 0.25) is 0 Å². The second kappa shape index (κ2) is 11.8. The van der Waals surface area contributed by atoms with Crippen molar-refractivity contribution in [2.24, 2.45) is 11.3 Å². The maximum atomic E-state index is 13.7. The largest absolute Gasteiger partial charge is 0.478 e. The average Bonchev–Trinajstić information content (AvgIpc) is 2.79. The minimum Gasteiger partial charge on any atom is -0.478 e. The summed E-state index contributed by atoms with van der Waals surface area (Å²) >= 11 is 0. The lowest BCUT2D eigenvalue weighted by molar-refractivity contribution is -0.141. The second-order valence-corrected chi connectivity index (χ2v) is 11.3. The lowest BCUT2D eigenvalue weighted by Gasteiger charge is -2.40. The topological polar surface area (TPSA) is 90.0 Å². The Labute approximate surface area is 210 Å². The predicted molar refractivity (Wildman–Crippen MR) is 139 cm³/mol. The van der Waals surface area contributed by atoms with Gasteiger partial charge in [0.25, 0.3) is 0 Å². The van der Waals surface area contributed by atoms with Crippen molar-refractivity contribution in [3.05, 3.63) is 47.5 Å². The molecule has 2 N–H and O–H groups in total. The molecule has 1 aliphatic heterocycles. The van der Waals surface area contributed by atoms with Crippen LogP contribution in [-0.4, -0.2) is 71.5 Å². The van der Waals surface area contributed by atoms with Gasteiger partial charge in [0.1, 0.15) is 6.04 Å². The second-order valence-electron chi connectivity index (χ2n) is 11.3. The highest BCUT2D eigenvalue weighted by atomic mass is 16.4. The molecule has 1 saturated heterocycles. The van der Waals surface area contributed by atoms with Crippen LogP contribution in [0.1, 0.15) is 65.9 Å². The molecular formula is C28H43N3O4. The summed E-state index contributed by atoms with van der Waals surface area (Å²) in [5.41, 5.74) is 0.901. The molecule has 194 valence electrons. The van der Waals surface area contributed by atoms with E-state index >= 15 is 0 Å². The normalized spacial score (nSPS) is 21.3. The van der Waals surface area contributed by atoms with Crippen LogP contribution in [0.25, 0.3) is 0 Å². The summed E-state index contributed by atoms with van der Waals surface area (Å²) in [6.07, 6.45) is 3.30. The molecule has 0 saturated carbocycles. The number of rotatable bonds is 8. The number of carbonyl (C=O) groups is 3. The van der Waals surface area contributed by atoms with E-state index in [1.165, 1.54) is 12.5 Å². The zero-order chi connectivity index (χ0) is 26.5. The number of nitrogens with zero attached hydrogens (tertiary/aromatic N) is 2. The standard InChI is InChI=1S/C28H43N3O4/c1-18(2)22(16-19(3)27(34)35)31(8)26(33)24(28(4,5)6)29-25(32)23-17-21(14-15-30(23)7)20-12-10-9-11-13-20/h9-13,16,18,21-24H,14-15,17H2,1-8H3,(H,29,32)(H,34,35)/b19-16+/t21-,22+,23-,24+/m0/s1. The van der Waals surface area contributed by atoms with Gasteiger partial charge in [0.15, 0.2) is 0 Å². The van der Waals surface area contributed by atoms with Crippen molar-refractivity contribution in [2.75, 3.05) is 20.6 Å². The van der Waals surface area contributed by atoms with E-state index in [4.69, 9.17) is 0 Å². The quantitative estimate of drug-likeness (QED) is 0.545. The van der Waals surface area contributed by atoms with E-state index in [-0.39, 0.29) is 29.3 Å². The Bertz CT molecular complexity index is 920. The van der Waals surface area contributed by atoms with Gasteiger partial charge in [-0.2, -0.15) is 0 Å². The minimum absolute atomic E-state index is 0.00526. The molecule has 0 unspecified atom stereocenters. The molecule has 4 atom stereocenters. The Balaban J connectivity index is 2.25. The van der Waals surface area contributed by atoms with Gasteiger partial charge < -0.3 is 15.3 Å². The molecule has 0 bridgehead atoms. The maximum absolute atomic E-state index is 13.7. The van der Waals surface area contributed by atoms with Crippen LogP contribution in [0.3, 0.4) is 0 Å². The van der Waals surface area contributed by atoms with Gasteiger partial charge in [0, 0.05) is 12.6 Å². The van der Waals surface area contributed by atoms with E-state index in [1.807, 2.05) is 59.9 Å². The highest BCUT2D eigenvalue weighted by Gasteiger charge is 2.40. The molecule has 0 radical (unpaired) electrons. The summed E-state index contributed by atoms with van der Waals surface area (Å²) in [5.74, 6) is -1.08. The lowest BCUT2D eigenvalue weighted by Crippen LogP contribution is -2.60. The van der Waals surface area contributed by atoms with Crippen molar-refractivity contribution < 1.29 is 19.5 Å². The highest BCUT2D eigenvalue weighted by molar-refractivity contribution is 5.91. The van der Waals surface area contributed by atoms with E-state index in [0.717, 1.165) is 13.0 Å². The number of likely N-dealkylation sites (N-methyl/N-ethyl adjacent to an activating group) is 2. The third-order valence-corrected chi connectivity index (χ3v) is 7.08. The maximum Gasteiger partial charge on any atom is 0.331 e.